The number of carbonyl (C=O) groups is 2. The zero-order chi connectivity index (χ0) is 24.9. The van der Waals surface area contributed by atoms with Gasteiger partial charge in [-0.25, -0.2) is 0 Å². The molecule has 0 aliphatic carbocycles. The molecule has 0 radical (unpaired) electrons. The van der Waals surface area contributed by atoms with Crippen LogP contribution in [-0.4, -0.2) is 23.8 Å². The zero-order valence-corrected chi connectivity index (χ0v) is 19.8. The van der Waals surface area contributed by atoms with Gasteiger partial charge < -0.3 is 13.9 Å². The predicted octanol–water partition coefficient (Wildman–Crippen LogP) is 5.31. The fourth-order valence-electron chi connectivity index (χ4n) is 3.63. The average molecular weight is 489 g/mol. The lowest BCUT2D eigenvalue weighted by molar-refractivity contribution is -0.141. The smallest absolute Gasteiger partial charge is 0.272 e. The molecule has 1 aromatic heterocycles. The second kappa shape index (κ2) is 10.3. The van der Waals surface area contributed by atoms with E-state index in [9.17, 15) is 14.9 Å². The van der Waals surface area contributed by atoms with E-state index in [4.69, 9.17) is 25.5 Å². The molecule has 4 rings (SSSR count). The van der Waals surface area contributed by atoms with E-state index < -0.39 is 11.8 Å². The van der Waals surface area contributed by atoms with Gasteiger partial charge in [0.2, 0.25) is 0 Å². The number of hydrogen-bond acceptors (Lipinski definition) is 6. The van der Waals surface area contributed by atoms with Crippen LogP contribution in [0.2, 0.25) is 5.02 Å². The van der Waals surface area contributed by atoms with Gasteiger partial charge in [0.1, 0.15) is 24.0 Å². The first-order valence-electron chi connectivity index (χ1n) is 10.7. The Morgan fingerprint density at radius 1 is 1.09 bits per heavy atom. The number of imide groups is 1. The number of amides is 2. The Labute approximate surface area is 207 Å². The average Bonchev–Trinajstić information content (AvgIpc) is 3.38. The molecule has 0 bridgehead atoms. The van der Waals surface area contributed by atoms with Crippen LogP contribution in [0.4, 0.5) is 0 Å². The van der Waals surface area contributed by atoms with Gasteiger partial charge in [-0.3, -0.25) is 14.5 Å². The van der Waals surface area contributed by atoms with Gasteiger partial charge in [-0.2, -0.15) is 5.26 Å². The molecule has 0 spiro atoms. The molecule has 8 heteroatoms. The molecule has 7 nitrogen and oxygen atoms in total. The second-order valence-corrected chi connectivity index (χ2v) is 8.21. The number of ether oxygens (including phenoxy) is 2. The minimum atomic E-state index is -0.646. The Kier molecular flexibility index (Phi) is 7.04. The van der Waals surface area contributed by atoms with Gasteiger partial charge in [-0.15, -0.1) is 0 Å². The highest BCUT2D eigenvalue weighted by molar-refractivity contribution is 6.30. The maximum absolute atomic E-state index is 13.2. The number of rotatable bonds is 7. The van der Waals surface area contributed by atoms with Crippen molar-refractivity contribution in [1.82, 2.24) is 4.90 Å². The SMILES string of the molecule is COc1cc(/C=C2/C(=O)N(Cc3ccco3)C(=O)C(C#N)=C2C)ccc1OCc1ccc(Cl)cc1. The van der Waals surface area contributed by atoms with Crippen LogP contribution in [0.5, 0.6) is 11.5 Å². The van der Waals surface area contributed by atoms with Crippen molar-refractivity contribution in [3.05, 3.63) is 99.5 Å². The molecule has 2 amide bonds. The van der Waals surface area contributed by atoms with Crippen LogP contribution < -0.4 is 9.47 Å². The maximum Gasteiger partial charge on any atom is 0.272 e. The van der Waals surface area contributed by atoms with Crippen LogP contribution in [0.25, 0.3) is 6.08 Å². The Morgan fingerprint density at radius 2 is 1.86 bits per heavy atom. The molecule has 35 heavy (non-hydrogen) atoms. The summed E-state index contributed by atoms with van der Waals surface area (Å²) in [6.45, 7) is 1.84. The molecule has 0 saturated heterocycles. The van der Waals surface area contributed by atoms with E-state index in [1.807, 2.05) is 18.2 Å². The summed E-state index contributed by atoms with van der Waals surface area (Å²) in [5.74, 6) is 0.283. The fourth-order valence-corrected chi connectivity index (χ4v) is 3.76. The zero-order valence-electron chi connectivity index (χ0n) is 19.1. The lowest BCUT2D eigenvalue weighted by Crippen LogP contribution is -2.42. The van der Waals surface area contributed by atoms with Crippen molar-refractivity contribution in [2.75, 3.05) is 7.11 Å². The normalized spacial score (nSPS) is 14.9. The van der Waals surface area contributed by atoms with Crippen LogP contribution in [0, 0.1) is 11.3 Å². The summed E-state index contributed by atoms with van der Waals surface area (Å²) >= 11 is 5.93. The van der Waals surface area contributed by atoms with Gasteiger partial charge in [0, 0.05) is 10.6 Å². The molecule has 2 aromatic carbocycles. The highest BCUT2D eigenvalue weighted by Gasteiger charge is 2.36. The largest absolute Gasteiger partial charge is 0.493 e. The van der Waals surface area contributed by atoms with Crippen molar-refractivity contribution in [3.8, 4) is 17.6 Å². The molecule has 1 aliphatic heterocycles. The van der Waals surface area contributed by atoms with E-state index in [1.165, 1.54) is 13.4 Å². The van der Waals surface area contributed by atoms with E-state index in [2.05, 4.69) is 0 Å². The quantitative estimate of drug-likeness (QED) is 0.330. The molecule has 0 N–H and O–H groups in total. The van der Waals surface area contributed by atoms with Crippen molar-refractivity contribution in [3.63, 3.8) is 0 Å². The fraction of sp³-hybridized carbons (Fsp3) is 0.148. The predicted molar refractivity (Wildman–Crippen MR) is 129 cm³/mol. The van der Waals surface area contributed by atoms with Gasteiger partial charge in [-0.05, 0) is 66.1 Å². The number of carbonyl (C=O) groups excluding carboxylic acids is 2. The van der Waals surface area contributed by atoms with Crippen LogP contribution >= 0.6 is 11.6 Å². The number of methoxy groups -OCH3 is 1. The number of nitrogens with zero attached hydrogens (tertiary/aromatic N) is 2. The first kappa shape index (κ1) is 23.9. The van der Waals surface area contributed by atoms with Gasteiger partial charge in [-0.1, -0.05) is 29.8 Å². The number of hydrogen-bond donors (Lipinski definition) is 0. The molecule has 0 atom stereocenters. The third-order valence-corrected chi connectivity index (χ3v) is 5.78. The van der Waals surface area contributed by atoms with Crippen molar-refractivity contribution in [1.29, 1.82) is 5.26 Å². The molecule has 2 heterocycles. The maximum atomic E-state index is 13.2. The summed E-state index contributed by atoms with van der Waals surface area (Å²) in [4.78, 5) is 27.0. The summed E-state index contributed by atoms with van der Waals surface area (Å²) in [7, 11) is 1.52. The van der Waals surface area contributed by atoms with E-state index in [0.29, 0.717) is 40.0 Å². The minimum Gasteiger partial charge on any atom is -0.493 e. The van der Waals surface area contributed by atoms with Crippen LogP contribution in [0.15, 0.2) is 82.0 Å². The Morgan fingerprint density at radius 3 is 2.51 bits per heavy atom. The van der Waals surface area contributed by atoms with Crippen LogP contribution in [0.3, 0.4) is 0 Å². The minimum absolute atomic E-state index is 0.0682. The second-order valence-electron chi connectivity index (χ2n) is 7.77. The summed E-state index contributed by atoms with van der Waals surface area (Å²) < 4.78 is 16.7. The number of furan rings is 1. The van der Waals surface area contributed by atoms with Gasteiger partial charge in [0.25, 0.3) is 11.8 Å². The molecule has 0 fully saturated rings. The molecular formula is C27H21ClN2O5. The van der Waals surface area contributed by atoms with Crippen LogP contribution in [0.1, 0.15) is 23.8 Å². The lowest BCUT2D eigenvalue weighted by atomic mass is 9.93. The summed E-state index contributed by atoms with van der Waals surface area (Å²) in [6, 6.07) is 17.8. The highest BCUT2D eigenvalue weighted by Crippen LogP contribution is 2.32. The molecule has 176 valence electrons. The Bertz CT molecular complexity index is 1370. The van der Waals surface area contributed by atoms with Gasteiger partial charge in [0.05, 0.1) is 19.9 Å². The third kappa shape index (κ3) is 5.13. The van der Waals surface area contributed by atoms with Gasteiger partial charge in [0.15, 0.2) is 11.5 Å². The van der Waals surface area contributed by atoms with Gasteiger partial charge >= 0.3 is 0 Å². The van der Waals surface area contributed by atoms with Crippen molar-refractivity contribution in [2.24, 2.45) is 0 Å². The monoisotopic (exact) mass is 488 g/mol. The van der Waals surface area contributed by atoms with E-state index >= 15 is 0 Å². The molecule has 0 saturated carbocycles. The summed E-state index contributed by atoms with van der Waals surface area (Å²) in [5, 5.41) is 10.2. The molecule has 1 aliphatic rings. The number of benzene rings is 2. The highest BCUT2D eigenvalue weighted by atomic mass is 35.5. The van der Waals surface area contributed by atoms with Crippen molar-refractivity contribution in [2.45, 2.75) is 20.1 Å². The third-order valence-electron chi connectivity index (χ3n) is 5.53. The topological polar surface area (TPSA) is 92.8 Å². The van der Waals surface area contributed by atoms with E-state index in [1.54, 1.807) is 55.5 Å². The Hall–Kier alpha value is -4.28. The summed E-state index contributed by atoms with van der Waals surface area (Å²) in [6.07, 6.45) is 3.09. The standard InChI is InChI=1S/C27H21ClN2O5/c1-17-22(26(31)30(27(32)23(17)14-29)15-21-4-3-11-34-21)12-19-7-10-24(25(13-19)33-2)35-16-18-5-8-20(28)9-6-18/h3-13H,15-16H2,1-2H3/b22-12+. The summed E-state index contributed by atoms with van der Waals surface area (Å²) in [5.41, 5.74) is 2.07. The molecular weight excluding hydrogens is 468 g/mol. The van der Waals surface area contributed by atoms with E-state index in [0.717, 1.165) is 10.5 Å². The lowest BCUT2D eigenvalue weighted by Gasteiger charge is -2.26. The Balaban J connectivity index is 1.62. The van der Waals surface area contributed by atoms with Crippen LogP contribution in [-0.2, 0) is 22.7 Å². The van der Waals surface area contributed by atoms with Crippen molar-refractivity contribution < 1.29 is 23.5 Å². The number of halogens is 1. The first-order chi connectivity index (χ1) is 16.9. The van der Waals surface area contributed by atoms with Crippen molar-refractivity contribution >= 4 is 29.5 Å². The number of nitriles is 1. The first-order valence-corrected chi connectivity index (χ1v) is 11.1. The molecule has 3 aromatic rings. The van der Waals surface area contributed by atoms with E-state index in [-0.39, 0.29) is 17.7 Å². The molecule has 0 unspecified atom stereocenters.